The lowest BCUT2D eigenvalue weighted by Gasteiger charge is -2.30. The maximum atomic E-state index is 5.48. The maximum absolute atomic E-state index is 5.48. The van der Waals surface area contributed by atoms with E-state index < -0.39 is 0 Å². The largest absolute Gasteiger partial charge is 0.330 e. The molecule has 0 radical (unpaired) electrons. The second-order valence-electron chi connectivity index (χ2n) is 2.90. The van der Waals surface area contributed by atoms with Gasteiger partial charge in [-0.15, -0.1) is 0 Å². The van der Waals surface area contributed by atoms with Crippen molar-refractivity contribution in [2.45, 2.75) is 26.2 Å². The minimum atomic E-state index is 0.781. The third-order valence-electron chi connectivity index (χ3n) is 2.33. The van der Waals surface area contributed by atoms with Crippen molar-refractivity contribution in [2.75, 3.05) is 6.54 Å². The van der Waals surface area contributed by atoms with Crippen molar-refractivity contribution in [1.82, 2.24) is 0 Å². The Morgan fingerprint density at radius 3 is 2.38 bits per heavy atom. The molecule has 0 saturated heterocycles. The maximum Gasteiger partial charge on any atom is -0.00489 e. The first-order valence-corrected chi connectivity index (χ1v) is 3.54. The van der Waals surface area contributed by atoms with Crippen LogP contribution in [0.3, 0.4) is 0 Å². The lowest BCUT2D eigenvalue weighted by molar-refractivity contribution is 0.225. The van der Waals surface area contributed by atoms with Gasteiger partial charge < -0.3 is 5.73 Å². The highest BCUT2D eigenvalue weighted by Crippen LogP contribution is 2.32. The van der Waals surface area contributed by atoms with E-state index in [0.29, 0.717) is 0 Å². The number of nitrogens with two attached hydrogens (primary N) is 1. The van der Waals surface area contributed by atoms with Crippen molar-refractivity contribution >= 4 is 0 Å². The van der Waals surface area contributed by atoms with Crippen LogP contribution in [0.2, 0.25) is 0 Å². The number of hydrogen-bond donors (Lipinski definition) is 1. The average Bonchev–Trinajstić information content (AvgIpc) is 1.62. The molecular weight excluding hydrogens is 98.1 g/mol. The molecule has 8 heavy (non-hydrogen) atoms. The highest BCUT2D eigenvalue weighted by atomic mass is 14.6. The zero-order valence-electron chi connectivity index (χ0n) is 5.56. The zero-order valence-corrected chi connectivity index (χ0v) is 5.56. The molecule has 0 unspecified atom stereocenters. The van der Waals surface area contributed by atoms with Crippen LogP contribution in [-0.2, 0) is 0 Å². The van der Waals surface area contributed by atoms with Gasteiger partial charge in [-0.1, -0.05) is 26.2 Å². The Hall–Kier alpha value is -0.0400. The average molecular weight is 113 g/mol. The molecule has 48 valence electrons. The second-order valence-corrected chi connectivity index (χ2v) is 2.90. The molecule has 1 aliphatic rings. The molecule has 1 atom stereocenters. The Morgan fingerprint density at radius 1 is 1.62 bits per heavy atom. The van der Waals surface area contributed by atoms with Crippen molar-refractivity contribution in [3.63, 3.8) is 0 Å². The van der Waals surface area contributed by atoms with E-state index >= 15 is 0 Å². The van der Waals surface area contributed by atoms with Crippen molar-refractivity contribution in [3.8, 4) is 0 Å². The summed E-state index contributed by atoms with van der Waals surface area (Å²) in [6.45, 7) is 3.13. The van der Waals surface area contributed by atoms with E-state index in [1.165, 1.54) is 19.3 Å². The normalized spacial score (nSPS) is 24.8. The third-order valence-corrected chi connectivity index (χ3v) is 2.33. The van der Waals surface area contributed by atoms with Crippen LogP contribution >= 0.6 is 0 Å². The summed E-state index contributed by atoms with van der Waals surface area (Å²) >= 11 is 0. The smallest absolute Gasteiger partial charge is 0.00489 e. The van der Waals surface area contributed by atoms with Crippen LogP contribution in [0.5, 0.6) is 0 Å². The van der Waals surface area contributed by atoms with E-state index in [1.54, 1.807) is 0 Å². The molecule has 1 saturated carbocycles. The summed E-state index contributed by atoms with van der Waals surface area (Å²) in [6.07, 6.45) is 4.30. The SMILES string of the molecule is C[C@@H](CN)C1CCC1. The van der Waals surface area contributed by atoms with E-state index in [0.717, 1.165) is 18.4 Å². The highest BCUT2D eigenvalue weighted by Gasteiger charge is 2.22. The van der Waals surface area contributed by atoms with Gasteiger partial charge in [0.15, 0.2) is 0 Å². The molecule has 1 nitrogen and oxygen atoms in total. The fourth-order valence-electron chi connectivity index (χ4n) is 1.20. The van der Waals surface area contributed by atoms with Crippen LogP contribution in [0, 0.1) is 11.8 Å². The molecule has 0 amide bonds. The molecule has 0 aliphatic heterocycles. The summed E-state index contributed by atoms with van der Waals surface area (Å²) in [5.41, 5.74) is 5.48. The molecule has 0 heterocycles. The summed E-state index contributed by atoms with van der Waals surface area (Å²) in [4.78, 5) is 0. The van der Waals surface area contributed by atoms with E-state index in [-0.39, 0.29) is 0 Å². The van der Waals surface area contributed by atoms with Crippen LogP contribution in [-0.4, -0.2) is 6.54 Å². The van der Waals surface area contributed by atoms with Crippen molar-refractivity contribution in [3.05, 3.63) is 0 Å². The van der Waals surface area contributed by atoms with Crippen LogP contribution in [0.25, 0.3) is 0 Å². The molecule has 1 heteroatoms. The Kier molecular flexibility index (Phi) is 1.90. The molecule has 0 bridgehead atoms. The highest BCUT2D eigenvalue weighted by molar-refractivity contribution is 4.74. The van der Waals surface area contributed by atoms with E-state index in [9.17, 15) is 0 Å². The summed E-state index contributed by atoms with van der Waals surface area (Å²) < 4.78 is 0. The molecule has 2 N–H and O–H groups in total. The lowest BCUT2D eigenvalue weighted by atomic mass is 9.77. The topological polar surface area (TPSA) is 26.0 Å². The summed E-state index contributed by atoms with van der Waals surface area (Å²) in [5.74, 6) is 1.75. The van der Waals surface area contributed by atoms with Crippen LogP contribution in [0.15, 0.2) is 0 Å². The van der Waals surface area contributed by atoms with Gasteiger partial charge in [0.1, 0.15) is 0 Å². The fourth-order valence-corrected chi connectivity index (χ4v) is 1.20. The molecule has 0 aromatic carbocycles. The van der Waals surface area contributed by atoms with Crippen molar-refractivity contribution in [1.29, 1.82) is 0 Å². The first kappa shape index (κ1) is 6.09. The summed E-state index contributed by atoms with van der Waals surface area (Å²) in [5, 5.41) is 0. The second kappa shape index (κ2) is 2.49. The first-order chi connectivity index (χ1) is 3.84. The Morgan fingerprint density at radius 2 is 2.25 bits per heavy atom. The molecular formula is C7H15N. The minimum absolute atomic E-state index is 0.781. The molecule has 1 aliphatic carbocycles. The molecule has 1 rings (SSSR count). The number of rotatable bonds is 2. The Labute approximate surface area is 51.3 Å². The van der Waals surface area contributed by atoms with E-state index in [2.05, 4.69) is 6.92 Å². The van der Waals surface area contributed by atoms with Crippen molar-refractivity contribution < 1.29 is 0 Å². The van der Waals surface area contributed by atoms with Crippen LogP contribution in [0.4, 0.5) is 0 Å². The van der Waals surface area contributed by atoms with Crippen LogP contribution < -0.4 is 5.73 Å². The lowest BCUT2D eigenvalue weighted by Crippen LogP contribution is -2.25. The van der Waals surface area contributed by atoms with Crippen LogP contribution in [0.1, 0.15) is 26.2 Å². The van der Waals surface area contributed by atoms with E-state index in [1.807, 2.05) is 0 Å². The quantitative estimate of drug-likeness (QED) is 0.575. The van der Waals surface area contributed by atoms with Gasteiger partial charge >= 0.3 is 0 Å². The molecule has 1 fully saturated rings. The fraction of sp³-hybridized carbons (Fsp3) is 1.00. The standard InChI is InChI=1S/C7H15N/c1-6(5-8)7-3-2-4-7/h6-7H,2-5,8H2,1H3/t6-/m0/s1. The molecule has 0 spiro atoms. The van der Waals surface area contributed by atoms with E-state index in [4.69, 9.17) is 5.73 Å². The van der Waals surface area contributed by atoms with Gasteiger partial charge in [-0.2, -0.15) is 0 Å². The van der Waals surface area contributed by atoms with Gasteiger partial charge in [-0.3, -0.25) is 0 Å². The van der Waals surface area contributed by atoms with Gasteiger partial charge in [0.25, 0.3) is 0 Å². The van der Waals surface area contributed by atoms with Gasteiger partial charge in [-0.25, -0.2) is 0 Å². The molecule has 0 aromatic heterocycles. The Balaban J connectivity index is 2.13. The monoisotopic (exact) mass is 113 g/mol. The van der Waals surface area contributed by atoms with Crippen molar-refractivity contribution in [2.24, 2.45) is 17.6 Å². The summed E-state index contributed by atoms with van der Waals surface area (Å²) in [6, 6.07) is 0. The minimum Gasteiger partial charge on any atom is -0.330 e. The van der Waals surface area contributed by atoms with Gasteiger partial charge in [0.05, 0.1) is 0 Å². The predicted molar refractivity (Wildman–Crippen MR) is 35.6 cm³/mol. The zero-order chi connectivity index (χ0) is 5.98. The molecule has 0 aromatic rings. The first-order valence-electron chi connectivity index (χ1n) is 3.54. The third kappa shape index (κ3) is 1.03. The van der Waals surface area contributed by atoms with Gasteiger partial charge in [0.2, 0.25) is 0 Å². The summed E-state index contributed by atoms with van der Waals surface area (Å²) in [7, 11) is 0. The number of hydrogen-bond acceptors (Lipinski definition) is 1. The van der Waals surface area contributed by atoms with Gasteiger partial charge in [0, 0.05) is 0 Å². The van der Waals surface area contributed by atoms with Gasteiger partial charge in [-0.05, 0) is 18.4 Å². The predicted octanol–water partition coefficient (Wildman–Crippen LogP) is 1.38. The Bertz CT molecular complexity index is 64.0.